The van der Waals surface area contributed by atoms with E-state index in [1.807, 2.05) is 0 Å². The lowest BCUT2D eigenvalue weighted by atomic mass is 9.76. The molecule has 0 saturated carbocycles. The van der Waals surface area contributed by atoms with E-state index in [9.17, 15) is 27.9 Å². The highest BCUT2D eigenvalue weighted by molar-refractivity contribution is 5.99. The molecule has 0 aliphatic carbocycles. The van der Waals surface area contributed by atoms with Crippen LogP contribution in [0.1, 0.15) is 40.0 Å². The molecule has 1 unspecified atom stereocenters. The minimum atomic E-state index is -4.51. The lowest BCUT2D eigenvalue weighted by Gasteiger charge is -2.29. The van der Waals surface area contributed by atoms with Crippen molar-refractivity contribution in [1.29, 1.82) is 0 Å². The summed E-state index contributed by atoms with van der Waals surface area (Å²) in [5, 5.41) is 9.20. The van der Waals surface area contributed by atoms with Crippen LogP contribution >= 0.6 is 0 Å². The van der Waals surface area contributed by atoms with Crippen LogP contribution < -0.4 is 0 Å². The lowest BCUT2D eigenvalue weighted by Crippen LogP contribution is -2.42. The standard InChI is InChI=1S/C12H19F3O4/c1-4-19-10(18)11(9(16)17,7-8(2)3)5-6-12(13,14)15/h8H,4-7H2,1-3H3,(H,16,17). The maximum absolute atomic E-state index is 12.3. The molecule has 7 heteroatoms. The van der Waals surface area contributed by atoms with Gasteiger partial charge in [0.2, 0.25) is 0 Å². The molecule has 0 aliphatic heterocycles. The quantitative estimate of drug-likeness (QED) is 0.576. The lowest BCUT2D eigenvalue weighted by molar-refractivity contribution is -0.176. The monoisotopic (exact) mass is 284 g/mol. The van der Waals surface area contributed by atoms with Crippen molar-refractivity contribution in [3.05, 3.63) is 0 Å². The molecule has 0 amide bonds. The number of esters is 1. The van der Waals surface area contributed by atoms with Crippen molar-refractivity contribution in [2.24, 2.45) is 11.3 Å². The van der Waals surface area contributed by atoms with Gasteiger partial charge in [0.05, 0.1) is 6.61 Å². The Labute approximate surface area is 109 Å². The molecule has 4 nitrogen and oxygen atoms in total. The minimum absolute atomic E-state index is 0.0715. The Morgan fingerprint density at radius 3 is 2.05 bits per heavy atom. The second-order valence-electron chi connectivity index (χ2n) is 4.82. The van der Waals surface area contributed by atoms with E-state index >= 15 is 0 Å². The van der Waals surface area contributed by atoms with E-state index in [4.69, 9.17) is 0 Å². The molecule has 0 aromatic heterocycles. The number of alkyl halides is 3. The molecule has 0 fully saturated rings. The number of aliphatic carboxylic acids is 1. The van der Waals surface area contributed by atoms with E-state index in [0.29, 0.717) is 0 Å². The van der Waals surface area contributed by atoms with Crippen LogP contribution in [0.3, 0.4) is 0 Å². The van der Waals surface area contributed by atoms with Crippen LogP contribution in [-0.2, 0) is 14.3 Å². The molecule has 0 spiro atoms. The van der Waals surface area contributed by atoms with Gasteiger partial charge in [-0.1, -0.05) is 13.8 Å². The van der Waals surface area contributed by atoms with Crippen molar-refractivity contribution in [1.82, 2.24) is 0 Å². The zero-order valence-electron chi connectivity index (χ0n) is 11.2. The third-order valence-corrected chi connectivity index (χ3v) is 2.67. The smallest absolute Gasteiger partial charge is 0.389 e. The van der Waals surface area contributed by atoms with Gasteiger partial charge in [-0.2, -0.15) is 13.2 Å². The molecule has 0 rings (SSSR count). The fraction of sp³-hybridized carbons (Fsp3) is 0.833. The highest BCUT2D eigenvalue weighted by atomic mass is 19.4. The molecular weight excluding hydrogens is 265 g/mol. The van der Waals surface area contributed by atoms with Crippen LogP contribution in [0.25, 0.3) is 0 Å². The summed E-state index contributed by atoms with van der Waals surface area (Å²) in [4.78, 5) is 23.1. The third-order valence-electron chi connectivity index (χ3n) is 2.67. The number of rotatable bonds is 7. The summed E-state index contributed by atoms with van der Waals surface area (Å²) in [5.74, 6) is -2.90. The summed E-state index contributed by atoms with van der Waals surface area (Å²) in [6.45, 7) is 4.69. The molecule has 0 heterocycles. The van der Waals surface area contributed by atoms with Gasteiger partial charge in [0, 0.05) is 6.42 Å². The van der Waals surface area contributed by atoms with Gasteiger partial charge in [0.25, 0.3) is 0 Å². The fourth-order valence-corrected chi connectivity index (χ4v) is 1.89. The molecule has 1 N–H and O–H groups in total. The zero-order valence-corrected chi connectivity index (χ0v) is 11.2. The van der Waals surface area contributed by atoms with Crippen LogP contribution in [0.4, 0.5) is 13.2 Å². The van der Waals surface area contributed by atoms with Crippen LogP contribution in [0, 0.1) is 11.3 Å². The molecule has 0 aromatic rings. The van der Waals surface area contributed by atoms with Gasteiger partial charge in [-0.25, -0.2) is 0 Å². The molecule has 0 aromatic carbocycles. The van der Waals surface area contributed by atoms with E-state index in [0.717, 1.165) is 0 Å². The summed E-state index contributed by atoms with van der Waals surface area (Å²) >= 11 is 0. The number of carbonyl (C=O) groups excluding carboxylic acids is 1. The Kier molecular flexibility index (Phi) is 6.32. The van der Waals surface area contributed by atoms with Crippen molar-refractivity contribution in [3.8, 4) is 0 Å². The molecule has 1 atom stereocenters. The summed E-state index contributed by atoms with van der Waals surface area (Å²) in [6.07, 6.45) is -6.82. The van der Waals surface area contributed by atoms with Crippen LogP contribution in [0.15, 0.2) is 0 Å². The predicted molar refractivity (Wildman–Crippen MR) is 61.4 cm³/mol. The maximum Gasteiger partial charge on any atom is 0.389 e. The summed E-state index contributed by atoms with van der Waals surface area (Å²) in [6, 6.07) is 0. The second kappa shape index (κ2) is 6.77. The second-order valence-corrected chi connectivity index (χ2v) is 4.82. The van der Waals surface area contributed by atoms with Crippen LogP contribution in [-0.4, -0.2) is 29.8 Å². The van der Waals surface area contributed by atoms with E-state index in [1.54, 1.807) is 13.8 Å². The SMILES string of the molecule is CCOC(=O)C(CCC(F)(F)F)(CC(C)C)C(=O)O. The highest BCUT2D eigenvalue weighted by Crippen LogP contribution is 2.37. The molecule has 0 radical (unpaired) electrons. The van der Waals surface area contributed by atoms with Crippen molar-refractivity contribution in [3.63, 3.8) is 0 Å². The number of hydrogen-bond donors (Lipinski definition) is 1. The van der Waals surface area contributed by atoms with Crippen molar-refractivity contribution < 1.29 is 32.6 Å². The van der Waals surface area contributed by atoms with Crippen LogP contribution in [0.5, 0.6) is 0 Å². The largest absolute Gasteiger partial charge is 0.480 e. The summed E-state index contributed by atoms with van der Waals surface area (Å²) in [5.41, 5.74) is -2.13. The van der Waals surface area contributed by atoms with E-state index in [1.165, 1.54) is 6.92 Å². The molecule has 112 valence electrons. The molecular formula is C12H19F3O4. The number of halogens is 3. The first kappa shape index (κ1) is 17.7. The number of hydrogen-bond acceptors (Lipinski definition) is 3. The Hall–Kier alpha value is -1.27. The first-order chi connectivity index (χ1) is 8.55. The highest BCUT2D eigenvalue weighted by Gasteiger charge is 2.49. The van der Waals surface area contributed by atoms with E-state index < -0.39 is 36.4 Å². The third kappa shape index (κ3) is 5.48. The number of ether oxygens (including phenoxy) is 1. The Bertz CT molecular complexity index is 325. The first-order valence-corrected chi connectivity index (χ1v) is 6.02. The average molecular weight is 284 g/mol. The van der Waals surface area contributed by atoms with E-state index in [-0.39, 0.29) is 18.9 Å². The van der Waals surface area contributed by atoms with Gasteiger partial charge in [0.15, 0.2) is 5.41 Å². The Morgan fingerprint density at radius 1 is 1.21 bits per heavy atom. The fourth-order valence-electron chi connectivity index (χ4n) is 1.89. The van der Waals surface area contributed by atoms with Crippen molar-refractivity contribution >= 4 is 11.9 Å². The normalized spacial score (nSPS) is 15.1. The summed E-state index contributed by atoms with van der Waals surface area (Å²) in [7, 11) is 0. The van der Waals surface area contributed by atoms with Gasteiger partial charge in [-0.05, 0) is 25.7 Å². The van der Waals surface area contributed by atoms with Gasteiger partial charge in [0.1, 0.15) is 0 Å². The molecule has 0 saturated heterocycles. The molecule has 19 heavy (non-hydrogen) atoms. The van der Waals surface area contributed by atoms with Crippen LogP contribution in [0.2, 0.25) is 0 Å². The van der Waals surface area contributed by atoms with E-state index in [2.05, 4.69) is 4.74 Å². The predicted octanol–water partition coefficient (Wildman–Crippen LogP) is 3.01. The maximum atomic E-state index is 12.3. The molecule has 0 aliphatic rings. The molecule has 0 bridgehead atoms. The number of carbonyl (C=O) groups is 2. The zero-order chi connectivity index (χ0) is 15.3. The Balaban J connectivity index is 5.26. The average Bonchev–Trinajstić information content (AvgIpc) is 2.22. The Morgan fingerprint density at radius 2 is 1.74 bits per heavy atom. The number of carboxylic acids is 1. The van der Waals surface area contributed by atoms with Gasteiger partial charge >= 0.3 is 18.1 Å². The topological polar surface area (TPSA) is 63.6 Å². The van der Waals surface area contributed by atoms with Crippen molar-refractivity contribution in [2.75, 3.05) is 6.61 Å². The van der Waals surface area contributed by atoms with Gasteiger partial charge in [-0.3, -0.25) is 9.59 Å². The first-order valence-electron chi connectivity index (χ1n) is 6.02. The van der Waals surface area contributed by atoms with Gasteiger partial charge < -0.3 is 9.84 Å². The summed E-state index contributed by atoms with van der Waals surface area (Å²) < 4.78 is 41.5. The van der Waals surface area contributed by atoms with Crippen molar-refractivity contribution in [2.45, 2.75) is 46.2 Å². The minimum Gasteiger partial charge on any atom is -0.480 e. The van der Waals surface area contributed by atoms with Gasteiger partial charge in [-0.15, -0.1) is 0 Å². The number of carboxylic acid groups (broad SMARTS) is 1.